The molecule has 3 rings (SSSR count). The number of piperazine rings is 1. The first-order chi connectivity index (χ1) is 12.3. The summed E-state index contributed by atoms with van der Waals surface area (Å²) in [6.45, 7) is 10.3. The monoisotopic (exact) mass is 356 g/mol. The van der Waals surface area contributed by atoms with Crippen molar-refractivity contribution in [2.24, 2.45) is 7.05 Å². The van der Waals surface area contributed by atoms with Crippen molar-refractivity contribution in [3.05, 3.63) is 46.0 Å². The largest absolute Gasteiger partial charge is 0.362 e. The molecule has 2 aromatic heterocycles. The molecule has 1 aliphatic rings. The number of amides is 2. The van der Waals surface area contributed by atoms with E-state index in [0.717, 1.165) is 33.9 Å². The number of nitrogens with zero attached hydrogens (tertiary/aromatic N) is 3. The van der Waals surface area contributed by atoms with Crippen LogP contribution in [0.3, 0.4) is 0 Å². The minimum Gasteiger partial charge on any atom is -0.362 e. The van der Waals surface area contributed by atoms with E-state index in [1.807, 2.05) is 43.7 Å². The molecule has 6 heteroatoms. The number of aryl methyl sites for hydroxylation is 3. The quantitative estimate of drug-likeness (QED) is 0.916. The highest BCUT2D eigenvalue weighted by Crippen LogP contribution is 2.17. The molecule has 2 aromatic rings. The number of aromatic nitrogens is 2. The molecule has 1 N–H and O–H groups in total. The van der Waals surface area contributed by atoms with Crippen molar-refractivity contribution in [2.75, 3.05) is 26.2 Å². The van der Waals surface area contributed by atoms with Crippen LogP contribution in [0.5, 0.6) is 0 Å². The van der Waals surface area contributed by atoms with Crippen molar-refractivity contribution in [3.8, 4) is 0 Å². The van der Waals surface area contributed by atoms with Crippen LogP contribution >= 0.6 is 0 Å². The zero-order chi connectivity index (χ0) is 19.0. The summed E-state index contributed by atoms with van der Waals surface area (Å²) in [6.07, 6.45) is 0.428. The van der Waals surface area contributed by atoms with Crippen LogP contribution in [0, 0.1) is 27.7 Å². The maximum absolute atomic E-state index is 12.7. The highest BCUT2D eigenvalue weighted by Gasteiger charge is 2.26. The summed E-state index contributed by atoms with van der Waals surface area (Å²) in [5, 5.41) is 0. The topological polar surface area (TPSA) is 61.3 Å². The Morgan fingerprint density at radius 1 is 1.00 bits per heavy atom. The molecule has 0 aromatic carbocycles. The van der Waals surface area contributed by atoms with Crippen LogP contribution in [-0.2, 0) is 18.3 Å². The highest BCUT2D eigenvalue weighted by molar-refractivity contribution is 5.95. The van der Waals surface area contributed by atoms with Gasteiger partial charge in [0.05, 0.1) is 12.0 Å². The van der Waals surface area contributed by atoms with Gasteiger partial charge in [-0.2, -0.15) is 0 Å². The molecule has 0 atom stereocenters. The number of hydrogen-bond acceptors (Lipinski definition) is 2. The van der Waals surface area contributed by atoms with Crippen LogP contribution in [0.15, 0.2) is 12.1 Å². The fourth-order valence-corrected chi connectivity index (χ4v) is 3.66. The van der Waals surface area contributed by atoms with Gasteiger partial charge in [-0.25, -0.2) is 0 Å². The van der Waals surface area contributed by atoms with Crippen molar-refractivity contribution in [1.29, 1.82) is 0 Å². The second kappa shape index (κ2) is 7.02. The molecule has 0 radical (unpaired) electrons. The lowest BCUT2D eigenvalue weighted by Crippen LogP contribution is -2.51. The molecule has 0 bridgehead atoms. The average molecular weight is 356 g/mol. The third-order valence-electron chi connectivity index (χ3n) is 5.52. The van der Waals surface area contributed by atoms with Crippen LogP contribution < -0.4 is 0 Å². The van der Waals surface area contributed by atoms with Gasteiger partial charge < -0.3 is 19.4 Å². The number of rotatable bonds is 3. The van der Waals surface area contributed by atoms with Gasteiger partial charge in [-0.1, -0.05) is 0 Å². The first kappa shape index (κ1) is 18.3. The average Bonchev–Trinajstić information content (AvgIpc) is 3.07. The van der Waals surface area contributed by atoms with Gasteiger partial charge >= 0.3 is 0 Å². The number of aromatic amines is 1. The Balaban J connectivity index is 1.59. The van der Waals surface area contributed by atoms with E-state index in [4.69, 9.17) is 0 Å². The first-order valence-corrected chi connectivity index (χ1v) is 9.13. The molecule has 6 nitrogen and oxygen atoms in total. The van der Waals surface area contributed by atoms with Gasteiger partial charge in [0.25, 0.3) is 5.91 Å². The fourth-order valence-electron chi connectivity index (χ4n) is 3.66. The molecule has 0 aliphatic carbocycles. The summed E-state index contributed by atoms with van der Waals surface area (Å²) < 4.78 is 2.11. The van der Waals surface area contributed by atoms with E-state index in [9.17, 15) is 9.59 Å². The summed E-state index contributed by atoms with van der Waals surface area (Å²) >= 11 is 0. The first-order valence-electron chi connectivity index (χ1n) is 9.13. The number of nitrogens with one attached hydrogen (secondary N) is 1. The van der Waals surface area contributed by atoms with Crippen molar-refractivity contribution in [3.63, 3.8) is 0 Å². The Labute approximate surface area is 154 Å². The van der Waals surface area contributed by atoms with E-state index in [0.29, 0.717) is 32.6 Å². The molecule has 1 aliphatic heterocycles. The van der Waals surface area contributed by atoms with Gasteiger partial charge in [-0.15, -0.1) is 0 Å². The highest BCUT2D eigenvalue weighted by atomic mass is 16.2. The van der Waals surface area contributed by atoms with Crippen molar-refractivity contribution in [2.45, 2.75) is 34.1 Å². The summed E-state index contributed by atoms with van der Waals surface area (Å²) in [4.78, 5) is 32.2. The summed E-state index contributed by atoms with van der Waals surface area (Å²) in [5.41, 5.74) is 6.03. The number of carbonyl (C=O) groups is 2. The molecule has 140 valence electrons. The normalized spacial score (nSPS) is 14.8. The van der Waals surface area contributed by atoms with Crippen molar-refractivity contribution >= 4 is 11.8 Å². The van der Waals surface area contributed by atoms with Crippen LogP contribution in [0.25, 0.3) is 0 Å². The molecule has 0 spiro atoms. The Morgan fingerprint density at radius 3 is 2.12 bits per heavy atom. The third-order valence-corrected chi connectivity index (χ3v) is 5.52. The predicted octanol–water partition coefficient (Wildman–Crippen LogP) is 2.11. The molecule has 2 amide bonds. The van der Waals surface area contributed by atoms with Gasteiger partial charge in [0.2, 0.25) is 5.91 Å². The van der Waals surface area contributed by atoms with Gasteiger partial charge in [-0.3, -0.25) is 9.59 Å². The van der Waals surface area contributed by atoms with E-state index in [1.54, 1.807) is 0 Å². The van der Waals surface area contributed by atoms with E-state index < -0.39 is 0 Å². The van der Waals surface area contributed by atoms with Gasteiger partial charge in [0.1, 0.15) is 0 Å². The molecule has 3 heterocycles. The number of carbonyl (C=O) groups excluding carboxylic acids is 2. The second-order valence-electron chi connectivity index (χ2n) is 7.30. The van der Waals surface area contributed by atoms with E-state index in [-0.39, 0.29) is 11.8 Å². The molecule has 1 saturated heterocycles. The lowest BCUT2D eigenvalue weighted by molar-refractivity contribution is -0.131. The lowest BCUT2D eigenvalue weighted by atomic mass is 10.1. The van der Waals surface area contributed by atoms with Crippen LogP contribution in [0.2, 0.25) is 0 Å². The molecule has 0 saturated carbocycles. The standard InChI is InChI=1S/C20H28N4O2/c1-13-10-18(15(3)21-13)20(26)24-8-6-23(7-9-24)19(25)12-17-11-14(2)22(5)16(17)4/h10-11,21H,6-9,12H2,1-5H3. The maximum atomic E-state index is 12.7. The van der Waals surface area contributed by atoms with Gasteiger partial charge in [0.15, 0.2) is 0 Å². The smallest absolute Gasteiger partial charge is 0.255 e. The number of hydrogen-bond donors (Lipinski definition) is 1. The minimum absolute atomic E-state index is 0.0495. The summed E-state index contributed by atoms with van der Waals surface area (Å²) in [6, 6.07) is 3.99. The maximum Gasteiger partial charge on any atom is 0.255 e. The Morgan fingerprint density at radius 2 is 1.62 bits per heavy atom. The fraction of sp³-hybridized carbons (Fsp3) is 0.500. The van der Waals surface area contributed by atoms with E-state index in [2.05, 4.69) is 22.5 Å². The second-order valence-corrected chi connectivity index (χ2v) is 7.30. The molecule has 1 fully saturated rings. The summed E-state index contributed by atoms with van der Waals surface area (Å²) in [5.74, 6) is 0.188. The summed E-state index contributed by atoms with van der Waals surface area (Å²) in [7, 11) is 2.02. The SMILES string of the molecule is Cc1cc(C(=O)N2CCN(C(=O)Cc3cc(C)n(C)c3C)CC2)c(C)[nH]1. The molecular formula is C20H28N4O2. The van der Waals surface area contributed by atoms with E-state index >= 15 is 0 Å². The zero-order valence-electron chi connectivity index (χ0n) is 16.3. The Bertz CT molecular complexity index is 838. The van der Waals surface area contributed by atoms with E-state index in [1.165, 1.54) is 0 Å². The number of H-pyrrole nitrogens is 1. The van der Waals surface area contributed by atoms with Crippen molar-refractivity contribution in [1.82, 2.24) is 19.4 Å². The van der Waals surface area contributed by atoms with Crippen molar-refractivity contribution < 1.29 is 9.59 Å². The predicted molar refractivity (Wildman–Crippen MR) is 101 cm³/mol. The third kappa shape index (κ3) is 3.41. The Hall–Kier alpha value is -2.50. The zero-order valence-corrected chi connectivity index (χ0v) is 16.3. The molecular weight excluding hydrogens is 328 g/mol. The minimum atomic E-state index is 0.0495. The van der Waals surface area contributed by atoms with Crippen LogP contribution in [-0.4, -0.2) is 57.3 Å². The van der Waals surface area contributed by atoms with Crippen LogP contribution in [0.1, 0.15) is 38.7 Å². The Kier molecular flexibility index (Phi) is 4.94. The van der Waals surface area contributed by atoms with Gasteiger partial charge in [0, 0.05) is 56.0 Å². The lowest BCUT2D eigenvalue weighted by Gasteiger charge is -2.35. The molecule has 26 heavy (non-hydrogen) atoms. The van der Waals surface area contributed by atoms with Gasteiger partial charge in [-0.05, 0) is 45.4 Å². The molecule has 0 unspecified atom stereocenters. The van der Waals surface area contributed by atoms with Crippen LogP contribution in [0.4, 0.5) is 0 Å².